The highest BCUT2D eigenvalue weighted by Crippen LogP contribution is 2.30. The van der Waals surface area contributed by atoms with Gasteiger partial charge in [0.1, 0.15) is 12.2 Å². The molecule has 0 spiro atoms. The van der Waals surface area contributed by atoms with Crippen molar-refractivity contribution in [3.05, 3.63) is 0 Å². The number of hydrogen-bond donors (Lipinski definition) is 4. The Morgan fingerprint density at radius 3 is 1.18 bits per heavy atom. The van der Waals surface area contributed by atoms with Crippen LogP contribution in [0.25, 0.3) is 0 Å². The number of ether oxygens (including phenoxy) is 2. The third kappa shape index (κ3) is 18.4. The zero-order valence-electron chi connectivity index (χ0n) is 22.1. The topological polar surface area (TPSA) is 127 Å². The van der Waals surface area contributed by atoms with Gasteiger partial charge < -0.3 is 42.2 Å². The first-order valence-electron chi connectivity index (χ1n) is 11.9. The molecule has 0 aromatic heterocycles. The van der Waals surface area contributed by atoms with Gasteiger partial charge in [0.15, 0.2) is 16.6 Å². The van der Waals surface area contributed by atoms with Crippen molar-refractivity contribution in [2.24, 2.45) is 0 Å². The summed E-state index contributed by atoms with van der Waals surface area (Å²) in [6.45, 7) is 17.7. The molecule has 0 aliphatic rings. The third-order valence-electron chi connectivity index (χ3n) is 4.36. The SMILES string of the molecule is C[Si](C)(C)O[Si](C)(CCCOCC(O)CO)O[Si](C)(CCCOCC(O)CO)O[Si](C)(C)C. The molecule has 33 heavy (non-hydrogen) atoms. The summed E-state index contributed by atoms with van der Waals surface area (Å²) in [7, 11) is -8.92. The molecule has 0 radical (unpaired) electrons. The smallest absolute Gasteiger partial charge is 0.315 e. The van der Waals surface area contributed by atoms with E-state index < -0.39 is 46.0 Å². The number of aliphatic hydroxyl groups excluding tert-OH is 4. The van der Waals surface area contributed by atoms with E-state index in [9.17, 15) is 10.2 Å². The lowest BCUT2D eigenvalue weighted by Crippen LogP contribution is -2.58. The molecular formula is C20H50O9Si4. The van der Waals surface area contributed by atoms with Gasteiger partial charge in [-0.25, -0.2) is 0 Å². The first-order chi connectivity index (χ1) is 15.0. The van der Waals surface area contributed by atoms with Crippen LogP contribution in [0.2, 0.25) is 64.5 Å². The lowest BCUT2D eigenvalue weighted by Gasteiger charge is -2.43. The quantitative estimate of drug-likeness (QED) is 0.134. The van der Waals surface area contributed by atoms with E-state index in [-0.39, 0.29) is 26.4 Å². The second-order valence-corrected chi connectivity index (χ2v) is 27.3. The molecule has 4 unspecified atom stereocenters. The molecule has 0 aliphatic heterocycles. The molecule has 0 aromatic rings. The largest absolute Gasteiger partial charge is 0.437 e. The summed E-state index contributed by atoms with van der Waals surface area (Å²) in [6, 6.07) is 1.51. The maximum Gasteiger partial charge on any atom is 0.315 e. The van der Waals surface area contributed by atoms with E-state index in [0.717, 1.165) is 24.9 Å². The van der Waals surface area contributed by atoms with Crippen molar-refractivity contribution < 1.29 is 42.2 Å². The average molecular weight is 547 g/mol. The van der Waals surface area contributed by atoms with Crippen LogP contribution in [0.4, 0.5) is 0 Å². The fourth-order valence-electron chi connectivity index (χ4n) is 3.53. The average Bonchev–Trinajstić information content (AvgIpc) is 2.63. The zero-order chi connectivity index (χ0) is 25.8. The molecule has 0 saturated carbocycles. The number of rotatable bonds is 20. The summed E-state index contributed by atoms with van der Waals surface area (Å²) in [5, 5.41) is 36.7. The molecule has 200 valence electrons. The van der Waals surface area contributed by atoms with Crippen LogP contribution in [0.3, 0.4) is 0 Å². The number of hydrogen-bond acceptors (Lipinski definition) is 9. The van der Waals surface area contributed by atoms with Crippen LogP contribution in [0.15, 0.2) is 0 Å². The Hall–Kier alpha value is 0.508. The lowest BCUT2D eigenvalue weighted by atomic mass is 10.4. The molecule has 0 fully saturated rings. The molecule has 0 saturated heterocycles. The molecule has 4 N–H and O–H groups in total. The second-order valence-electron chi connectivity index (χ2n) is 10.8. The van der Waals surface area contributed by atoms with Gasteiger partial charge in [-0.1, -0.05) is 0 Å². The van der Waals surface area contributed by atoms with Crippen LogP contribution in [0.5, 0.6) is 0 Å². The van der Waals surface area contributed by atoms with Crippen LogP contribution in [0, 0.1) is 0 Å². The summed E-state index contributed by atoms with van der Waals surface area (Å²) in [5.74, 6) is 0. The molecule has 9 nitrogen and oxygen atoms in total. The molecule has 4 atom stereocenters. The summed E-state index contributed by atoms with van der Waals surface area (Å²) in [6.07, 6.45) is -0.232. The zero-order valence-corrected chi connectivity index (χ0v) is 26.1. The van der Waals surface area contributed by atoms with Gasteiger partial charge in [-0.3, -0.25) is 0 Å². The predicted molar refractivity (Wildman–Crippen MR) is 140 cm³/mol. The van der Waals surface area contributed by atoms with Crippen LogP contribution in [0.1, 0.15) is 12.8 Å². The minimum Gasteiger partial charge on any atom is -0.437 e. The van der Waals surface area contributed by atoms with E-state index in [4.69, 9.17) is 32.0 Å². The van der Waals surface area contributed by atoms with E-state index in [2.05, 4.69) is 52.4 Å². The predicted octanol–water partition coefficient (Wildman–Crippen LogP) is 2.37. The van der Waals surface area contributed by atoms with Crippen molar-refractivity contribution in [2.45, 2.75) is 89.5 Å². The summed E-state index contributed by atoms with van der Waals surface area (Å²) in [4.78, 5) is 0. The highest BCUT2D eigenvalue weighted by Gasteiger charge is 2.46. The van der Waals surface area contributed by atoms with Gasteiger partial charge in [-0.2, -0.15) is 0 Å². The fourth-order valence-corrected chi connectivity index (χ4v) is 21.8. The van der Waals surface area contributed by atoms with Gasteiger partial charge in [-0.15, -0.1) is 0 Å². The molecule has 0 amide bonds. The van der Waals surface area contributed by atoms with Crippen molar-refractivity contribution >= 4 is 33.8 Å². The molecular weight excluding hydrogens is 497 g/mol. The van der Waals surface area contributed by atoms with Gasteiger partial charge in [0, 0.05) is 13.2 Å². The van der Waals surface area contributed by atoms with Gasteiger partial charge in [-0.05, 0) is 77.3 Å². The second kappa shape index (κ2) is 15.6. The Bertz CT molecular complexity index is 475. The van der Waals surface area contributed by atoms with Crippen molar-refractivity contribution in [3.8, 4) is 0 Å². The van der Waals surface area contributed by atoms with E-state index in [1.807, 2.05) is 0 Å². The van der Waals surface area contributed by atoms with Crippen molar-refractivity contribution in [1.29, 1.82) is 0 Å². The van der Waals surface area contributed by atoms with E-state index in [1.54, 1.807) is 0 Å². The van der Waals surface area contributed by atoms with Crippen LogP contribution < -0.4 is 0 Å². The minimum absolute atomic E-state index is 0.112. The highest BCUT2D eigenvalue weighted by atomic mass is 28.5. The van der Waals surface area contributed by atoms with Crippen LogP contribution in [-0.2, 0) is 21.8 Å². The third-order valence-corrected chi connectivity index (χ3v) is 18.7. The summed E-state index contributed by atoms with van der Waals surface area (Å²) >= 11 is 0. The molecule has 0 bridgehead atoms. The molecule has 0 aliphatic carbocycles. The summed E-state index contributed by atoms with van der Waals surface area (Å²) < 4.78 is 31.2. The highest BCUT2D eigenvalue weighted by molar-refractivity contribution is 6.89. The van der Waals surface area contributed by atoms with E-state index >= 15 is 0 Å². The van der Waals surface area contributed by atoms with Gasteiger partial charge in [0.05, 0.1) is 26.4 Å². The standard InChI is InChI=1S/C20H50O9Si4/c1-30(2,3)27-32(7,13-9-11-25-17-19(23)15-21)29-33(8,28-31(4,5)6)14-10-12-26-18-20(24)16-22/h19-24H,9-18H2,1-8H3. The molecule has 0 heterocycles. The Morgan fingerprint density at radius 1 is 0.576 bits per heavy atom. The van der Waals surface area contributed by atoms with E-state index in [0.29, 0.717) is 13.2 Å². The number of aliphatic hydroxyl groups is 4. The van der Waals surface area contributed by atoms with Crippen LogP contribution in [-0.4, -0.2) is 106 Å². The molecule has 0 rings (SSSR count). The molecule has 0 aromatic carbocycles. The Morgan fingerprint density at radius 2 is 0.909 bits per heavy atom. The van der Waals surface area contributed by atoms with Crippen molar-refractivity contribution in [2.75, 3.05) is 39.6 Å². The van der Waals surface area contributed by atoms with Crippen molar-refractivity contribution in [1.82, 2.24) is 0 Å². The molecule has 13 heteroatoms. The van der Waals surface area contributed by atoms with E-state index in [1.165, 1.54) is 0 Å². The van der Waals surface area contributed by atoms with Gasteiger partial charge in [0.25, 0.3) is 0 Å². The fraction of sp³-hybridized carbons (Fsp3) is 1.00. The van der Waals surface area contributed by atoms with Crippen molar-refractivity contribution in [3.63, 3.8) is 0 Å². The monoisotopic (exact) mass is 546 g/mol. The normalized spacial score (nSPS) is 18.5. The Balaban J connectivity index is 5.19. The maximum absolute atomic E-state index is 9.44. The Kier molecular flexibility index (Phi) is 15.8. The summed E-state index contributed by atoms with van der Waals surface area (Å²) in [5.41, 5.74) is 0. The first-order valence-corrected chi connectivity index (χ1v) is 23.7. The van der Waals surface area contributed by atoms with Gasteiger partial charge in [0.2, 0.25) is 0 Å². The lowest BCUT2D eigenvalue weighted by molar-refractivity contribution is 0.00603. The maximum atomic E-state index is 9.44. The Labute approximate surface area is 205 Å². The first kappa shape index (κ1) is 33.5. The minimum atomic E-state index is -2.58. The van der Waals surface area contributed by atoms with Gasteiger partial charge >= 0.3 is 17.1 Å². The van der Waals surface area contributed by atoms with Crippen LogP contribution >= 0.6 is 0 Å².